The van der Waals surface area contributed by atoms with E-state index in [1.54, 1.807) is 31.3 Å². The number of amides is 1. The molecule has 0 atom stereocenters. The van der Waals surface area contributed by atoms with E-state index in [-0.39, 0.29) is 0 Å². The van der Waals surface area contributed by atoms with Crippen molar-refractivity contribution in [1.29, 1.82) is 0 Å². The van der Waals surface area contributed by atoms with E-state index in [0.717, 1.165) is 5.56 Å². The van der Waals surface area contributed by atoms with Crippen molar-refractivity contribution < 1.29 is 19.6 Å². The second-order valence-electron chi connectivity index (χ2n) is 3.44. The van der Waals surface area contributed by atoms with Gasteiger partial charge in [0, 0.05) is 13.6 Å². The lowest BCUT2D eigenvalue weighted by Crippen LogP contribution is -2.30. The smallest absolute Gasteiger partial charge is 0.453 e. The summed E-state index contributed by atoms with van der Waals surface area (Å²) in [6, 6.07) is 6.67. The Morgan fingerprint density at radius 3 is 2.38 bits per heavy atom. The first-order valence-corrected chi connectivity index (χ1v) is 4.78. The third kappa shape index (κ3) is 3.25. The van der Waals surface area contributed by atoms with Gasteiger partial charge in [-0.2, -0.15) is 0 Å². The lowest BCUT2D eigenvalue weighted by atomic mass is 9.80. The van der Waals surface area contributed by atoms with Crippen LogP contribution in [-0.4, -0.2) is 42.3 Å². The third-order valence-electron chi connectivity index (χ3n) is 2.18. The van der Waals surface area contributed by atoms with Crippen molar-refractivity contribution in [3.63, 3.8) is 0 Å². The molecule has 0 aliphatic rings. The molecule has 0 unspecified atom stereocenters. The van der Waals surface area contributed by atoms with Crippen LogP contribution in [0.2, 0.25) is 0 Å². The molecule has 1 aromatic rings. The topological polar surface area (TPSA) is 70.0 Å². The summed E-state index contributed by atoms with van der Waals surface area (Å²) in [5, 5.41) is 17.8. The predicted octanol–water partition coefficient (Wildman–Crippen LogP) is -0.435. The average molecular weight is 223 g/mol. The molecule has 0 saturated heterocycles. The van der Waals surface area contributed by atoms with Gasteiger partial charge < -0.3 is 19.7 Å². The van der Waals surface area contributed by atoms with Gasteiger partial charge in [-0.3, -0.25) is 0 Å². The van der Waals surface area contributed by atoms with Crippen LogP contribution in [0.5, 0.6) is 0 Å². The molecule has 0 bridgehead atoms. The van der Waals surface area contributed by atoms with E-state index in [1.807, 2.05) is 0 Å². The van der Waals surface area contributed by atoms with Crippen molar-refractivity contribution in [3.05, 3.63) is 29.8 Å². The Morgan fingerprint density at radius 2 is 1.94 bits per heavy atom. The molecule has 0 heterocycles. The standard InChI is InChI=1S/C10H14BNO4/c1-12(10(13)16-2)7-8-3-5-9(6-4-8)11(14)15/h3-6,14-15H,7H2,1-2H3. The normalized spacial score (nSPS) is 9.75. The van der Waals surface area contributed by atoms with Gasteiger partial charge in [-0.15, -0.1) is 0 Å². The second kappa shape index (κ2) is 5.53. The largest absolute Gasteiger partial charge is 0.488 e. The van der Waals surface area contributed by atoms with Crippen molar-refractivity contribution in [2.75, 3.05) is 14.2 Å². The van der Waals surface area contributed by atoms with Gasteiger partial charge in [0.05, 0.1) is 7.11 Å². The Bertz CT molecular complexity index is 352. The molecule has 0 spiro atoms. The molecule has 0 radical (unpaired) electrons. The highest BCUT2D eigenvalue weighted by atomic mass is 16.5. The molecule has 0 fully saturated rings. The summed E-state index contributed by atoms with van der Waals surface area (Å²) in [4.78, 5) is 12.5. The molecule has 16 heavy (non-hydrogen) atoms. The number of hydrogen-bond donors (Lipinski definition) is 2. The van der Waals surface area contributed by atoms with Gasteiger partial charge in [0.1, 0.15) is 0 Å². The summed E-state index contributed by atoms with van der Waals surface area (Å²) >= 11 is 0. The number of nitrogens with zero attached hydrogens (tertiary/aromatic N) is 1. The van der Waals surface area contributed by atoms with Crippen LogP contribution in [0.25, 0.3) is 0 Å². The number of benzene rings is 1. The van der Waals surface area contributed by atoms with Crippen LogP contribution < -0.4 is 5.46 Å². The highest BCUT2D eigenvalue weighted by Gasteiger charge is 2.11. The summed E-state index contributed by atoms with van der Waals surface area (Å²) in [6.45, 7) is 0.411. The molecule has 1 aromatic carbocycles. The van der Waals surface area contributed by atoms with Gasteiger partial charge >= 0.3 is 13.2 Å². The number of methoxy groups -OCH3 is 1. The zero-order chi connectivity index (χ0) is 12.1. The van der Waals surface area contributed by atoms with Crippen LogP contribution in [0.1, 0.15) is 5.56 Å². The Morgan fingerprint density at radius 1 is 1.38 bits per heavy atom. The summed E-state index contributed by atoms with van der Waals surface area (Å²) < 4.78 is 4.55. The maximum atomic E-state index is 11.1. The monoisotopic (exact) mass is 223 g/mol. The predicted molar refractivity (Wildman–Crippen MR) is 60.1 cm³/mol. The molecule has 6 heteroatoms. The number of ether oxygens (including phenoxy) is 1. The Hall–Kier alpha value is -1.53. The van der Waals surface area contributed by atoms with Crippen molar-refractivity contribution in [2.24, 2.45) is 0 Å². The summed E-state index contributed by atoms with van der Waals surface area (Å²) in [5.74, 6) is 0. The second-order valence-corrected chi connectivity index (χ2v) is 3.44. The Balaban J connectivity index is 2.65. The highest BCUT2D eigenvalue weighted by Crippen LogP contribution is 2.02. The van der Waals surface area contributed by atoms with Gasteiger partial charge in [-0.25, -0.2) is 4.79 Å². The fraction of sp³-hybridized carbons (Fsp3) is 0.300. The first-order valence-electron chi connectivity index (χ1n) is 4.78. The quantitative estimate of drug-likeness (QED) is 0.682. The number of carbonyl (C=O) groups is 1. The van der Waals surface area contributed by atoms with Crippen LogP contribution >= 0.6 is 0 Å². The van der Waals surface area contributed by atoms with E-state index in [9.17, 15) is 4.79 Å². The first kappa shape index (κ1) is 12.5. The van der Waals surface area contributed by atoms with Gasteiger partial charge in [-0.1, -0.05) is 24.3 Å². The van der Waals surface area contributed by atoms with Crippen molar-refractivity contribution in [3.8, 4) is 0 Å². The minimum absolute atomic E-state index is 0.411. The molecule has 0 aromatic heterocycles. The molecule has 1 rings (SSSR count). The van der Waals surface area contributed by atoms with E-state index in [4.69, 9.17) is 10.0 Å². The van der Waals surface area contributed by atoms with E-state index in [1.165, 1.54) is 12.0 Å². The van der Waals surface area contributed by atoms with Crippen LogP contribution in [0, 0.1) is 0 Å². The summed E-state index contributed by atoms with van der Waals surface area (Å²) in [6.07, 6.45) is -0.411. The first-order chi connectivity index (χ1) is 7.54. The molecule has 0 saturated carbocycles. The van der Waals surface area contributed by atoms with Crippen LogP contribution in [0.3, 0.4) is 0 Å². The minimum atomic E-state index is -1.47. The minimum Gasteiger partial charge on any atom is -0.453 e. The van der Waals surface area contributed by atoms with Gasteiger partial charge in [0.2, 0.25) is 0 Å². The zero-order valence-corrected chi connectivity index (χ0v) is 9.25. The fourth-order valence-electron chi connectivity index (χ4n) is 1.29. The number of hydrogen-bond acceptors (Lipinski definition) is 4. The van der Waals surface area contributed by atoms with Crippen molar-refractivity contribution in [1.82, 2.24) is 4.90 Å². The van der Waals surface area contributed by atoms with Crippen LogP contribution in [0.4, 0.5) is 4.79 Å². The van der Waals surface area contributed by atoms with Crippen LogP contribution in [0.15, 0.2) is 24.3 Å². The molecule has 1 amide bonds. The van der Waals surface area contributed by atoms with E-state index >= 15 is 0 Å². The van der Waals surface area contributed by atoms with Crippen LogP contribution in [-0.2, 0) is 11.3 Å². The number of carbonyl (C=O) groups excluding carboxylic acids is 1. The highest BCUT2D eigenvalue weighted by molar-refractivity contribution is 6.58. The molecule has 2 N–H and O–H groups in total. The average Bonchev–Trinajstić information content (AvgIpc) is 2.28. The fourth-order valence-corrected chi connectivity index (χ4v) is 1.29. The molecule has 0 aliphatic heterocycles. The molecular weight excluding hydrogens is 209 g/mol. The van der Waals surface area contributed by atoms with Crippen molar-refractivity contribution in [2.45, 2.75) is 6.54 Å². The van der Waals surface area contributed by atoms with Crippen molar-refractivity contribution >= 4 is 18.7 Å². The Kier molecular flexibility index (Phi) is 4.33. The van der Waals surface area contributed by atoms with Gasteiger partial charge in [-0.05, 0) is 11.0 Å². The number of rotatable bonds is 3. The molecule has 5 nitrogen and oxygen atoms in total. The molecule has 86 valence electrons. The molecule has 0 aliphatic carbocycles. The van der Waals surface area contributed by atoms with Gasteiger partial charge in [0.25, 0.3) is 0 Å². The van der Waals surface area contributed by atoms with E-state index < -0.39 is 13.2 Å². The SMILES string of the molecule is COC(=O)N(C)Cc1ccc(B(O)O)cc1. The lowest BCUT2D eigenvalue weighted by molar-refractivity contribution is 0.131. The maximum Gasteiger partial charge on any atom is 0.488 e. The summed E-state index contributed by atoms with van der Waals surface area (Å²) in [5.41, 5.74) is 1.31. The summed E-state index contributed by atoms with van der Waals surface area (Å²) in [7, 11) is 1.48. The van der Waals surface area contributed by atoms with Gasteiger partial charge in [0.15, 0.2) is 0 Å². The molecular formula is C10H14BNO4. The lowest BCUT2D eigenvalue weighted by Gasteiger charge is -2.15. The maximum absolute atomic E-state index is 11.1. The third-order valence-corrected chi connectivity index (χ3v) is 2.18. The Labute approximate surface area is 94.4 Å². The van der Waals surface area contributed by atoms with E-state index in [0.29, 0.717) is 12.0 Å². The van der Waals surface area contributed by atoms with E-state index in [2.05, 4.69) is 4.74 Å². The zero-order valence-electron chi connectivity index (χ0n) is 9.25.